The van der Waals surface area contributed by atoms with Crippen LogP contribution in [0.5, 0.6) is 0 Å². The van der Waals surface area contributed by atoms with E-state index in [4.69, 9.17) is 5.73 Å². The molecule has 0 aromatic heterocycles. The second kappa shape index (κ2) is 5.70. The lowest BCUT2D eigenvalue weighted by atomic mass is 9.76. The van der Waals surface area contributed by atoms with Crippen molar-refractivity contribution < 1.29 is 19.5 Å². The minimum Gasteiger partial charge on any atom is -0.480 e. The summed E-state index contributed by atoms with van der Waals surface area (Å²) in [5.74, 6) is -1.47. The van der Waals surface area contributed by atoms with Gasteiger partial charge in [-0.3, -0.25) is 4.79 Å². The summed E-state index contributed by atoms with van der Waals surface area (Å²) in [6.45, 7) is 1.65. The molecule has 0 aromatic carbocycles. The minimum absolute atomic E-state index is 0.242. The molecule has 1 rings (SSSR count). The first kappa shape index (κ1) is 14.3. The van der Waals surface area contributed by atoms with Crippen LogP contribution in [0.25, 0.3) is 0 Å². The summed E-state index contributed by atoms with van der Waals surface area (Å²) in [6.07, 6.45) is 2.51. The second-order valence-corrected chi connectivity index (χ2v) is 4.86. The van der Waals surface area contributed by atoms with Crippen LogP contribution in [-0.2, 0) is 9.59 Å². The molecular weight excluding hydrogens is 238 g/mol. The lowest BCUT2D eigenvalue weighted by Crippen LogP contribution is -2.59. The number of urea groups is 1. The van der Waals surface area contributed by atoms with E-state index in [1.54, 1.807) is 0 Å². The molecule has 18 heavy (non-hydrogen) atoms. The Balaban J connectivity index is 2.65. The fourth-order valence-corrected chi connectivity index (χ4v) is 2.34. The van der Waals surface area contributed by atoms with Crippen LogP contribution in [0.2, 0.25) is 0 Å². The third-order valence-corrected chi connectivity index (χ3v) is 3.18. The molecular formula is C11H19N3O4. The maximum Gasteiger partial charge on any atom is 0.329 e. The molecule has 2 unspecified atom stereocenters. The fraction of sp³-hybridized carbons (Fsp3) is 0.727. The van der Waals surface area contributed by atoms with Gasteiger partial charge in [-0.1, -0.05) is 19.8 Å². The normalized spacial score (nSPS) is 27.3. The molecule has 5 N–H and O–H groups in total. The Bertz CT molecular complexity index is 358. The van der Waals surface area contributed by atoms with Gasteiger partial charge in [0, 0.05) is 0 Å². The molecule has 1 fully saturated rings. The van der Waals surface area contributed by atoms with Gasteiger partial charge in [0.2, 0.25) is 5.91 Å². The van der Waals surface area contributed by atoms with Crippen LogP contribution in [-0.4, -0.2) is 35.1 Å². The molecule has 1 aliphatic rings. The van der Waals surface area contributed by atoms with E-state index < -0.39 is 23.4 Å². The largest absolute Gasteiger partial charge is 0.480 e. The number of carboxylic acids is 1. The highest BCUT2D eigenvalue weighted by Crippen LogP contribution is 2.32. The summed E-state index contributed by atoms with van der Waals surface area (Å²) >= 11 is 0. The third kappa shape index (κ3) is 3.61. The number of rotatable bonds is 4. The van der Waals surface area contributed by atoms with Gasteiger partial charge in [0.1, 0.15) is 5.54 Å². The number of hydrogen-bond acceptors (Lipinski definition) is 3. The molecule has 1 aliphatic carbocycles. The number of carbonyl (C=O) groups excluding carboxylic acids is 2. The van der Waals surface area contributed by atoms with Crippen LogP contribution < -0.4 is 16.4 Å². The monoisotopic (exact) mass is 257 g/mol. The Kier molecular flexibility index (Phi) is 4.52. The molecule has 7 heteroatoms. The molecule has 7 nitrogen and oxygen atoms in total. The van der Waals surface area contributed by atoms with Gasteiger partial charge in [0.25, 0.3) is 0 Å². The van der Waals surface area contributed by atoms with Gasteiger partial charge in [0.05, 0.1) is 6.54 Å². The maximum absolute atomic E-state index is 11.5. The average Bonchev–Trinajstić information content (AvgIpc) is 2.26. The predicted octanol–water partition coefficient (Wildman–Crippen LogP) is -0.196. The second-order valence-electron chi connectivity index (χ2n) is 4.86. The molecule has 0 aliphatic heterocycles. The van der Waals surface area contributed by atoms with Crippen molar-refractivity contribution in [3.8, 4) is 0 Å². The van der Waals surface area contributed by atoms with E-state index in [0.717, 1.165) is 12.8 Å². The first-order chi connectivity index (χ1) is 8.35. The van der Waals surface area contributed by atoms with E-state index in [1.165, 1.54) is 0 Å². The number of hydrogen-bond donors (Lipinski definition) is 4. The van der Waals surface area contributed by atoms with Crippen LogP contribution in [0.3, 0.4) is 0 Å². The number of carboxylic acid groups (broad SMARTS) is 1. The van der Waals surface area contributed by atoms with Crippen molar-refractivity contribution in [2.24, 2.45) is 11.7 Å². The summed E-state index contributed by atoms with van der Waals surface area (Å²) in [7, 11) is 0. The van der Waals surface area contributed by atoms with E-state index >= 15 is 0 Å². The lowest BCUT2D eigenvalue weighted by molar-refractivity contribution is -0.146. The molecule has 0 bridgehead atoms. The van der Waals surface area contributed by atoms with Crippen molar-refractivity contribution >= 4 is 17.9 Å². The number of aliphatic carboxylic acids is 1. The van der Waals surface area contributed by atoms with Gasteiger partial charge in [-0.2, -0.15) is 0 Å². The number of carbonyl (C=O) groups is 3. The van der Waals surface area contributed by atoms with Gasteiger partial charge in [-0.15, -0.1) is 0 Å². The minimum atomic E-state index is -1.24. The van der Waals surface area contributed by atoms with Crippen LogP contribution >= 0.6 is 0 Å². The number of nitrogens with one attached hydrogen (secondary N) is 2. The van der Waals surface area contributed by atoms with E-state index in [9.17, 15) is 19.5 Å². The van der Waals surface area contributed by atoms with Gasteiger partial charge >= 0.3 is 12.0 Å². The summed E-state index contributed by atoms with van der Waals surface area (Å²) in [4.78, 5) is 33.4. The van der Waals surface area contributed by atoms with Crippen molar-refractivity contribution in [2.45, 2.75) is 38.1 Å². The van der Waals surface area contributed by atoms with Crippen molar-refractivity contribution in [3.05, 3.63) is 0 Å². The number of nitrogens with two attached hydrogens (primary N) is 1. The topological polar surface area (TPSA) is 122 Å². The molecule has 0 aromatic rings. The van der Waals surface area contributed by atoms with Gasteiger partial charge in [0.15, 0.2) is 0 Å². The zero-order chi connectivity index (χ0) is 13.8. The lowest BCUT2D eigenvalue weighted by Gasteiger charge is -2.36. The van der Waals surface area contributed by atoms with Crippen molar-refractivity contribution in [1.29, 1.82) is 0 Å². The molecule has 102 valence electrons. The van der Waals surface area contributed by atoms with Gasteiger partial charge < -0.3 is 21.5 Å². The van der Waals surface area contributed by atoms with Crippen LogP contribution in [0.4, 0.5) is 4.79 Å². The summed E-state index contributed by atoms with van der Waals surface area (Å²) in [6, 6.07) is -0.676. The highest BCUT2D eigenvalue weighted by molar-refractivity contribution is 5.88. The standard InChI is InChI=1S/C11H19N3O4/c1-7-3-2-4-11(5-7,9(16)17)14-10(18)13-6-8(12)15/h7H,2-6H2,1H3,(H2,12,15)(H,16,17)(H2,13,14,18). The Labute approximate surface area is 105 Å². The molecule has 3 amide bonds. The predicted molar refractivity (Wildman–Crippen MR) is 63.7 cm³/mol. The van der Waals surface area contributed by atoms with Crippen molar-refractivity contribution in [1.82, 2.24) is 10.6 Å². The first-order valence-electron chi connectivity index (χ1n) is 5.93. The Morgan fingerprint density at radius 1 is 1.44 bits per heavy atom. The molecule has 0 radical (unpaired) electrons. The van der Waals surface area contributed by atoms with Crippen LogP contribution in [0.15, 0.2) is 0 Å². The van der Waals surface area contributed by atoms with E-state index in [2.05, 4.69) is 10.6 Å². The molecule has 2 atom stereocenters. The van der Waals surface area contributed by atoms with Crippen LogP contribution in [0, 0.1) is 5.92 Å². The summed E-state index contributed by atoms with van der Waals surface area (Å²) < 4.78 is 0. The molecule has 0 saturated heterocycles. The SMILES string of the molecule is CC1CCCC(NC(=O)NCC(N)=O)(C(=O)O)C1. The summed E-state index contributed by atoms with van der Waals surface area (Å²) in [5, 5.41) is 14.0. The van der Waals surface area contributed by atoms with Gasteiger partial charge in [-0.25, -0.2) is 9.59 Å². The van der Waals surface area contributed by atoms with Crippen molar-refractivity contribution in [3.63, 3.8) is 0 Å². The Morgan fingerprint density at radius 2 is 2.11 bits per heavy atom. The Morgan fingerprint density at radius 3 is 2.61 bits per heavy atom. The zero-order valence-corrected chi connectivity index (χ0v) is 10.4. The number of amides is 3. The molecule has 0 spiro atoms. The van der Waals surface area contributed by atoms with Crippen LogP contribution in [0.1, 0.15) is 32.6 Å². The van der Waals surface area contributed by atoms with Crippen molar-refractivity contribution in [2.75, 3.05) is 6.54 Å². The smallest absolute Gasteiger partial charge is 0.329 e. The molecule has 0 heterocycles. The number of primary amides is 1. The Hall–Kier alpha value is -1.79. The zero-order valence-electron chi connectivity index (χ0n) is 10.4. The fourth-order valence-electron chi connectivity index (χ4n) is 2.34. The van der Waals surface area contributed by atoms with E-state index in [1.807, 2.05) is 6.92 Å². The molecule has 1 saturated carbocycles. The maximum atomic E-state index is 11.5. The van der Waals surface area contributed by atoms with E-state index in [-0.39, 0.29) is 12.5 Å². The third-order valence-electron chi connectivity index (χ3n) is 3.18. The van der Waals surface area contributed by atoms with Gasteiger partial charge in [-0.05, 0) is 18.8 Å². The highest BCUT2D eigenvalue weighted by Gasteiger charge is 2.43. The first-order valence-corrected chi connectivity index (χ1v) is 5.93. The average molecular weight is 257 g/mol. The quantitative estimate of drug-likeness (QED) is 0.557. The highest BCUT2D eigenvalue weighted by atomic mass is 16.4. The summed E-state index contributed by atoms with van der Waals surface area (Å²) in [5.41, 5.74) is 3.65. The van der Waals surface area contributed by atoms with E-state index in [0.29, 0.717) is 12.8 Å².